The number of hydrogen-bond acceptors (Lipinski definition) is 7. The van der Waals surface area contributed by atoms with Crippen molar-refractivity contribution in [3.8, 4) is 11.5 Å². The second-order valence-electron chi connectivity index (χ2n) is 9.40. The number of unbranched alkanes of at least 4 members (excludes halogenated alkanes) is 2. The van der Waals surface area contributed by atoms with Crippen molar-refractivity contribution < 1.29 is 39.2 Å². The maximum absolute atomic E-state index is 11.4. The Morgan fingerprint density at radius 1 is 0.884 bits per heavy atom. The number of aliphatic imine (C=N–C) groups is 1. The van der Waals surface area contributed by atoms with Crippen LogP contribution in [-0.4, -0.2) is 71.5 Å². The van der Waals surface area contributed by atoms with Crippen LogP contribution in [0.4, 0.5) is 0 Å². The summed E-state index contributed by atoms with van der Waals surface area (Å²) >= 11 is 6.92. The maximum atomic E-state index is 11.4. The third kappa shape index (κ3) is 28.3. The number of carbonyl (C=O) groups excluding carboxylic acids is 1. The van der Waals surface area contributed by atoms with Crippen LogP contribution in [0, 0.1) is 6.92 Å². The number of thioether (sulfide) groups is 2. The largest absolute Gasteiger partial charge is 0.494 e. The van der Waals surface area contributed by atoms with Gasteiger partial charge in [-0.3, -0.25) is 9.59 Å². The number of hydrogen-bond donors (Lipinski definition) is 1. The zero-order valence-electron chi connectivity index (χ0n) is 26.9. The van der Waals surface area contributed by atoms with E-state index < -0.39 is 5.97 Å². The van der Waals surface area contributed by atoms with Crippen molar-refractivity contribution in [2.45, 2.75) is 82.6 Å². The van der Waals surface area contributed by atoms with E-state index in [1.165, 1.54) is 11.8 Å². The SMILES string of the molecule is CC(C)N=[C]=[Ni].CCCCOc1ccc(S[13CH2][13C](=O)N(C)C)cc1.CCCCOc1ccc(S[13CH2][13C](=O)O)cc1.[CH2-]CC. The Balaban J connectivity index is 0. The quantitative estimate of drug-likeness (QED) is 0.0507. The van der Waals surface area contributed by atoms with Gasteiger partial charge in [-0.15, -0.1) is 23.5 Å². The molecule has 0 aromatic heterocycles. The van der Waals surface area contributed by atoms with Crippen molar-refractivity contribution in [2.75, 3.05) is 38.8 Å². The molecule has 0 heterocycles. The number of amides is 1. The van der Waals surface area contributed by atoms with Crippen LogP contribution in [-0.2, 0) is 24.6 Å². The van der Waals surface area contributed by atoms with Gasteiger partial charge in [-0.05, 0) is 61.4 Å². The van der Waals surface area contributed by atoms with Crippen molar-refractivity contribution in [1.82, 2.24) is 4.90 Å². The van der Waals surface area contributed by atoms with E-state index in [0.29, 0.717) is 11.8 Å². The van der Waals surface area contributed by atoms with Crippen LogP contribution < -0.4 is 9.47 Å². The molecule has 246 valence electrons. The van der Waals surface area contributed by atoms with Crippen molar-refractivity contribution in [1.29, 1.82) is 0 Å². The summed E-state index contributed by atoms with van der Waals surface area (Å²) in [6.45, 7) is 15.2. The minimum absolute atomic E-state index is 0.0933. The fraction of sp³-hybridized carbons (Fsp3) is 0.515. The number of carboxylic acids is 1. The monoisotopic (exact) mass is 681 g/mol. The summed E-state index contributed by atoms with van der Waals surface area (Å²) in [6.07, 6.45) is 5.39. The zero-order chi connectivity index (χ0) is 32.9. The van der Waals surface area contributed by atoms with Crippen LogP contribution in [0.1, 0.15) is 66.7 Å². The summed E-state index contributed by atoms with van der Waals surface area (Å²) in [5.74, 6) is 1.63. The number of aliphatic carboxylic acids is 1. The molecule has 0 unspecified atom stereocenters. The molecule has 1 N–H and O–H groups in total. The van der Waals surface area contributed by atoms with Gasteiger partial charge in [-0.25, -0.2) is 0 Å². The Morgan fingerprint density at radius 2 is 1.28 bits per heavy atom. The second-order valence-corrected chi connectivity index (χ2v) is 11.7. The molecule has 2 rings (SSSR count). The fourth-order valence-corrected chi connectivity index (χ4v) is 4.18. The van der Waals surface area contributed by atoms with Crippen molar-refractivity contribution in [3.63, 3.8) is 0 Å². The molecule has 0 aliphatic rings. The minimum Gasteiger partial charge on any atom is -0.494 e. The van der Waals surface area contributed by atoms with Crippen LogP contribution in [0.3, 0.4) is 0 Å². The first kappa shape index (κ1) is 42.9. The average Bonchev–Trinajstić information content (AvgIpc) is 2.97. The molecule has 10 heteroatoms. The molecule has 2 aromatic rings. The summed E-state index contributed by atoms with van der Waals surface area (Å²) in [7, 11) is 3.54. The van der Waals surface area contributed by atoms with Gasteiger partial charge in [0, 0.05) is 23.9 Å². The smallest absolute Gasteiger partial charge is 0.313 e. The van der Waals surface area contributed by atoms with Crippen molar-refractivity contribution in [2.24, 2.45) is 4.99 Å². The van der Waals surface area contributed by atoms with E-state index in [0.717, 1.165) is 66.6 Å². The van der Waals surface area contributed by atoms with Gasteiger partial charge in [0.25, 0.3) is 0 Å². The van der Waals surface area contributed by atoms with E-state index in [1.54, 1.807) is 30.8 Å². The minimum atomic E-state index is -0.798. The first-order chi connectivity index (χ1) is 20.5. The molecule has 7 nitrogen and oxygen atoms in total. The summed E-state index contributed by atoms with van der Waals surface area (Å²) in [5.41, 5.74) is 0. The van der Waals surface area contributed by atoms with Gasteiger partial charge < -0.3 is 26.4 Å². The third-order valence-electron chi connectivity index (χ3n) is 4.70. The number of ether oxygens (including phenoxy) is 2. The molecule has 0 fully saturated rings. The van der Waals surface area contributed by atoms with Crippen LogP contribution >= 0.6 is 23.5 Å². The second kappa shape index (κ2) is 29.8. The Hall–Kier alpha value is -2.25. The molecule has 1 amide bonds. The van der Waals surface area contributed by atoms with E-state index in [1.807, 2.05) is 69.3 Å². The summed E-state index contributed by atoms with van der Waals surface area (Å²) < 4.78 is 11.1. The molecule has 0 saturated heterocycles. The van der Waals surface area contributed by atoms with E-state index >= 15 is 0 Å². The summed E-state index contributed by atoms with van der Waals surface area (Å²) in [6, 6.07) is 15.7. The van der Waals surface area contributed by atoms with Crippen molar-refractivity contribution >= 4 is 40.2 Å². The normalized spacial score (nSPS) is 9.56. The number of rotatable bonds is 15. The molecular formula is C33H51N2NiO5S2-. The number of carbonyl (C=O) groups is 2. The zero-order valence-corrected chi connectivity index (χ0v) is 29.5. The van der Waals surface area contributed by atoms with Crippen LogP contribution in [0.25, 0.3) is 0 Å². The van der Waals surface area contributed by atoms with Crippen molar-refractivity contribution in [3.05, 3.63) is 55.5 Å². The molecular weight excluding hydrogens is 631 g/mol. The molecule has 0 spiro atoms. The number of benzene rings is 2. The van der Waals surface area contributed by atoms with E-state index in [2.05, 4.69) is 45.6 Å². The fourth-order valence-electron chi connectivity index (χ4n) is 2.43. The summed E-state index contributed by atoms with van der Waals surface area (Å²) in [4.78, 5) is 31.5. The molecule has 0 saturated carbocycles. The van der Waals surface area contributed by atoms with E-state index in [9.17, 15) is 9.59 Å². The molecule has 0 radical (unpaired) electrons. The number of nitrogens with zero attached hydrogens (tertiary/aromatic N) is 2. The van der Waals surface area contributed by atoms with Gasteiger partial charge in [-0.1, -0.05) is 33.6 Å². The maximum Gasteiger partial charge on any atom is 0.313 e. The van der Waals surface area contributed by atoms with Crippen LogP contribution in [0.5, 0.6) is 11.5 Å². The third-order valence-corrected chi connectivity index (χ3v) is 6.82. The predicted octanol–water partition coefficient (Wildman–Crippen LogP) is 8.17. The molecule has 43 heavy (non-hydrogen) atoms. The molecule has 2 aromatic carbocycles. The van der Waals surface area contributed by atoms with Gasteiger partial charge in [0.05, 0.1) is 24.7 Å². The van der Waals surface area contributed by atoms with Crippen LogP contribution in [0.2, 0.25) is 0 Å². The topological polar surface area (TPSA) is 88.4 Å². The Kier molecular flexibility index (Phi) is 29.7. The molecule has 0 atom stereocenters. The Bertz CT molecular complexity index is 1010. The Morgan fingerprint density at radius 3 is 1.56 bits per heavy atom. The first-order valence-electron chi connectivity index (χ1n) is 14.5. The van der Waals surface area contributed by atoms with Gasteiger partial charge in [0.2, 0.25) is 5.91 Å². The van der Waals surface area contributed by atoms with Gasteiger partial charge >= 0.3 is 50.7 Å². The predicted molar refractivity (Wildman–Crippen MR) is 180 cm³/mol. The molecule has 0 bridgehead atoms. The van der Waals surface area contributed by atoms with Crippen LogP contribution in [0.15, 0.2) is 63.3 Å². The van der Waals surface area contributed by atoms with E-state index in [4.69, 9.17) is 14.6 Å². The number of carboxylic acid groups (broad SMARTS) is 1. The van der Waals surface area contributed by atoms with Gasteiger partial charge in [-0.2, -0.15) is 6.42 Å². The first-order valence-corrected chi connectivity index (χ1v) is 17.0. The standard InChI is InChI=1S/C14H21NO2S.C12H16O3S.C4H7N.C3H7.Ni/c1-4-5-10-17-12-6-8-13(9-7-12)18-11-14(16)15(2)3;1-2-3-8-15-10-4-6-11(7-5-10)16-9-12(13)14;1-4(2)5-3;1-3-2;/h6-9H,4-5,10-11H2,1-3H3;4-7H,2-3,8-9H2,1H3,(H,13,14);4H,1-2H3;1,3H2,2H3;/q;;;-1;/i11+1,14+1;9+1,12+1;;;. The average molecular weight is 683 g/mol. The van der Waals surface area contributed by atoms with E-state index in [-0.39, 0.29) is 11.7 Å². The van der Waals surface area contributed by atoms with Gasteiger partial charge in [0.1, 0.15) is 11.5 Å². The molecule has 0 aliphatic heterocycles. The molecule has 0 aliphatic carbocycles. The summed E-state index contributed by atoms with van der Waals surface area (Å²) in [5, 5.41) is 8.53. The Labute approximate surface area is 276 Å². The van der Waals surface area contributed by atoms with Gasteiger partial charge in [0.15, 0.2) is 0 Å².